The summed E-state index contributed by atoms with van der Waals surface area (Å²) in [5, 5.41) is 12.6. The van der Waals surface area contributed by atoms with Gasteiger partial charge in [0.25, 0.3) is 11.8 Å². The molecule has 3 aliphatic rings. The first-order chi connectivity index (χ1) is 14.7. The third-order valence-electron chi connectivity index (χ3n) is 6.64. The molecule has 0 radical (unpaired) electrons. The van der Waals surface area contributed by atoms with Crippen molar-refractivity contribution in [1.29, 1.82) is 0 Å². The fourth-order valence-electron chi connectivity index (χ4n) is 5.20. The number of carbonyl (C=O) groups excluding carboxylic acids is 2. The van der Waals surface area contributed by atoms with Crippen LogP contribution in [0.25, 0.3) is 0 Å². The van der Waals surface area contributed by atoms with Gasteiger partial charge in [-0.1, -0.05) is 0 Å². The van der Waals surface area contributed by atoms with E-state index >= 15 is 0 Å². The lowest BCUT2D eigenvalue weighted by Gasteiger charge is -2.44. The van der Waals surface area contributed by atoms with Crippen molar-refractivity contribution in [3.8, 4) is 5.75 Å². The number of nitrogens with one attached hydrogen (secondary N) is 1. The molecule has 1 aromatic heterocycles. The number of piperidine rings is 1. The molecule has 2 aliphatic heterocycles. The van der Waals surface area contributed by atoms with Crippen molar-refractivity contribution < 1.29 is 27.9 Å². The van der Waals surface area contributed by atoms with Gasteiger partial charge < -0.3 is 19.9 Å². The summed E-state index contributed by atoms with van der Waals surface area (Å²) in [4.78, 5) is 39.8. The quantitative estimate of drug-likeness (QED) is 0.774. The number of aromatic hydroxyl groups is 1. The number of pyridine rings is 1. The lowest BCUT2D eigenvalue weighted by atomic mass is 9.93. The molecule has 1 aromatic carbocycles. The van der Waals surface area contributed by atoms with Crippen LogP contribution >= 0.6 is 0 Å². The standard InChI is InChI=1S/C21H18F3N3O4/c22-11-3-14(23)12(15(24)4-11)6-25-19(30)13-8-26-9-21-2-1-10(5-21)7-27(21)20(31)16(26)18(29)17(13)28/h3-4,8,10,29H,1-2,5-7,9H2,(H,25,30)/t10-,21+/m1/s1. The van der Waals surface area contributed by atoms with Crippen LogP contribution in [0.3, 0.4) is 0 Å². The van der Waals surface area contributed by atoms with Crippen LogP contribution in [0.15, 0.2) is 23.1 Å². The van der Waals surface area contributed by atoms with Crippen LogP contribution in [0.2, 0.25) is 0 Å². The first kappa shape index (κ1) is 19.7. The normalized spacial score (nSPS) is 23.6. The van der Waals surface area contributed by atoms with Crippen LogP contribution in [0, 0.1) is 23.4 Å². The van der Waals surface area contributed by atoms with Crippen molar-refractivity contribution >= 4 is 11.8 Å². The lowest BCUT2D eigenvalue weighted by Crippen LogP contribution is -2.55. The maximum absolute atomic E-state index is 13.8. The highest BCUT2D eigenvalue weighted by atomic mass is 19.1. The van der Waals surface area contributed by atoms with E-state index in [4.69, 9.17) is 0 Å². The largest absolute Gasteiger partial charge is 0.503 e. The third-order valence-corrected chi connectivity index (χ3v) is 6.64. The average molecular weight is 433 g/mol. The molecule has 5 rings (SSSR count). The van der Waals surface area contributed by atoms with E-state index in [0.29, 0.717) is 31.1 Å². The number of nitrogens with zero attached hydrogens (tertiary/aromatic N) is 2. The molecule has 2 aromatic rings. The summed E-state index contributed by atoms with van der Waals surface area (Å²) in [7, 11) is 0. The highest BCUT2D eigenvalue weighted by molar-refractivity contribution is 5.99. The van der Waals surface area contributed by atoms with Crippen LogP contribution in [0.1, 0.15) is 45.7 Å². The van der Waals surface area contributed by atoms with Gasteiger partial charge in [0.1, 0.15) is 23.0 Å². The van der Waals surface area contributed by atoms with Gasteiger partial charge in [0, 0.05) is 43.5 Å². The van der Waals surface area contributed by atoms with Gasteiger partial charge in [-0.2, -0.15) is 0 Å². The second-order valence-electron chi connectivity index (χ2n) is 8.48. The maximum Gasteiger partial charge on any atom is 0.275 e. The van der Waals surface area contributed by atoms with Crippen molar-refractivity contribution in [2.24, 2.45) is 5.92 Å². The van der Waals surface area contributed by atoms with Gasteiger partial charge in [0.15, 0.2) is 11.4 Å². The first-order valence-corrected chi connectivity index (χ1v) is 9.90. The molecule has 162 valence electrons. The summed E-state index contributed by atoms with van der Waals surface area (Å²) in [5.41, 5.74) is -2.60. The van der Waals surface area contributed by atoms with Crippen LogP contribution in [-0.2, 0) is 13.1 Å². The molecule has 3 heterocycles. The Morgan fingerprint density at radius 3 is 2.61 bits per heavy atom. The summed E-state index contributed by atoms with van der Waals surface area (Å²) in [6.07, 6.45) is 3.84. The zero-order valence-electron chi connectivity index (χ0n) is 16.3. The molecule has 2 bridgehead atoms. The SMILES string of the molecule is O=C(NCc1c(F)cc(F)cc1F)c1cn2c(c(O)c1=O)C(=O)N1C[C@@H]3CC[C@]1(C3)C2. The van der Waals surface area contributed by atoms with E-state index in [9.17, 15) is 32.7 Å². The molecular weight excluding hydrogens is 415 g/mol. The Kier molecular flexibility index (Phi) is 4.18. The number of hydrogen-bond acceptors (Lipinski definition) is 4. The van der Waals surface area contributed by atoms with Gasteiger partial charge in [0.2, 0.25) is 5.43 Å². The molecule has 2 atom stereocenters. The van der Waals surface area contributed by atoms with E-state index in [1.165, 1.54) is 10.8 Å². The second-order valence-corrected chi connectivity index (χ2v) is 8.48. The topological polar surface area (TPSA) is 91.6 Å². The van der Waals surface area contributed by atoms with Crippen LogP contribution in [0.4, 0.5) is 13.2 Å². The molecular formula is C21H18F3N3O4. The van der Waals surface area contributed by atoms with Gasteiger partial charge in [-0.05, 0) is 25.2 Å². The number of amides is 2. The average Bonchev–Trinajstić information content (AvgIpc) is 3.27. The van der Waals surface area contributed by atoms with Gasteiger partial charge >= 0.3 is 0 Å². The van der Waals surface area contributed by atoms with Gasteiger partial charge in [-0.25, -0.2) is 13.2 Å². The van der Waals surface area contributed by atoms with Crippen molar-refractivity contribution in [3.05, 3.63) is 62.8 Å². The molecule has 1 aliphatic carbocycles. The summed E-state index contributed by atoms with van der Waals surface area (Å²) in [6, 6.07) is 0.967. The molecule has 1 spiro atoms. The lowest BCUT2D eigenvalue weighted by molar-refractivity contribution is 0.0397. The number of fused-ring (bicyclic) bond motifs is 2. The predicted octanol–water partition coefficient (Wildman–Crippen LogP) is 1.91. The Hall–Kier alpha value is -3.30. The monoisotopic (exact) mass is 433 g/mol. The second kappa shape index (κ2) is 6.60. The van der Waals surface area contributed by atoms with Crippen molar-refractivity contribution in [1.82, 2.24) is 14.8 Å². The Bertz CT molecular complexity index is 1190. The molecule has 2 N–H and O–H groups in total. The zero-order chi connectivity index (χ0) is 22.1. The van der Waals surface area contributed by atoms with E-state index in [1.807, 2.05) is 0 Å². The van der Waals surface area contributed by atoms with Crippen LogP contribution < -0.4 is 10.7 Å². The molecule has 7 nitrogen and oxygen atoms in total. The van der Waals surface area contributed by atoms with E-state index < -0.39 is 58.1 Å². The molecule has 1 saturated carbocycles. The molecule has 2 amide bonds. The highest BCUT2D eigenvalue weighted by Crippen LogP contribution is 2.50. The van der Waals surface area contributed by atoms with Gasteiger partial charge in [0.05, 0.1) is 5.54 Å². The van der Waals surface area contributed by atoms with Crippen molar-refractivity contribution in [3.63, 3.8) is 0 Å². The number of benzene rings is 1. The Morgan fingerprint density at radius 1 is 1.23 bits per heavy atom. The van der Waals surface area contributed by atoms with Gasteiger partial charge in [-0.3, -0.25) is 14.4 Å². The number of aromatic nitrogens is 1. The van der Waals surface area contributed by atoms with Crippen molar-refractivity contribution in [2.45, 2.75) is 37.9 Å². The Morgan fingerprint density at radius 2 is 1.94 bits per heavy atom. The highest BCUT2D eigenvalue weighted by Gasteiger charge is 2.56. The van der Waals surface area contributed by atoms with Gasteiger partial charge in [-0.15, -0.1) is 0 Å². The molecule has 31 heavy (non-hydrogen) atoms. The van der Waals surface area contributed by atoms with E-state index in [1.54, 1.807) is 4.90 Å². The maximum atomic E-state index is 13.8. The summed E-state index contributed by atoms with van der Waals surface area (Å²) in [5.74, 6) is -5.30. The molecule has 10 heteroatoms. The number of halogens is 3. The fourth-order valence-corrected chi connectivity index (χ4v) is 5.20. The minimum atomic E-state index is -1.18. The predicted molar refractivity (Wildman–Crippen MR) is 101 cm³/mol. The van der Waals surface area contributed by atoms with E-state index in [2.05, 4.69) is 5.32 Å². The fraction of sp³-hybridized carbons (Fsp3) is 0.381. The molecule has 1 saturated heterocycles. The Balaban J connectivity index is 1.46. The number of hydrogen-bond donors (Lipinski definition) is 2. The summed E-state index contributed by atoms with van der Waals surface area (Å²) >= 11 is 0. The first-order valence-electron chi connectivity index (χ1n) is 9.90. The molecule has 0 unspecified atom stereocenters. The smallest absolute Gasteiger partial charge is 0.275 e. The minimum absolute atomic E-state index is 0.157. The summed E-state index contributed by atoms with van der Waals surface area (Å²) in [6.45, 7) is 0.306. The van der Waals surface area contributed by atoms with E-state index in [-0.39, 0.29) is 11.2 Å². The zero-order valence-corrected chi connectivity index (χ0v) is 16.3. The van der Waals surface area contributed by atoms with E-state index in [0.717, 1.165) is 19.3 Å². The third kappa shape index (κ3) is 2.84. The summed E-state index contributed by atoms with van der Waals surface area (Å²) < 4.78 is 42.1. The number of rotatable bonds is 3. The van der Waals surface area contributed by atoms with Crippen LogP contribution in [-0.4, -0.2) is 38.5 Å². The molecule has 2 fully saturated rings. The minimum Gasteiger partial charge on any atom is -0.503 e. The number of carbonyl (C=O) groups is 2. The Labute approximate surface area is 174 Å². The van der Waals surface area contributed by atoms with Crippen LogP contribution in [0.5, 0.6) is 5.75 Å². The van der Waals surface area contributed by atoms with Crippen molar-refractivity contribution in [2.75, 3.05) is 6.54 Å².